The predicted octanol–water partition coefficient (Wildman–Crippen LogP) is 2.90. The molecule has 1 spiro atoms. The van der Waals surface area contributed by atoms with Gasteiger partial charge in [-0.2, -0.15) is 0 Å². The first-order valence-corrected chi connectivity index (χ1v) is 10.9. The Hall–Kier alpha value is -2.08. The standard InChI is InChI=1S/C23H32N2O4/c1-16-5-6-17(15-20(16)29-2)21(27)25-14-4-12-23(25)11-3-13-24(22(23)28)18-7-9-19(26)10-8-18/h5-6,15,18-19,26H,3-4,7-14H2,1-2H3. The predicted molar refractivity (Wildman–Crippen MR) is 110 cm³/mol. The number of aliphatic hydroxyl groups excluding tert-OH is 1. The van der Waals surface area contributed by atoms with Gasteiger partial charge in [0.15, 0.2) is 0 Å². The van der Waals surface area contributed by atoms with Crippen LogP contribution in [-0.4, -0.2) is 64.6 Å². The molecule has 2 heterocycles. The van der Waals surface area contributed by atoms with Crippen LogP contribution in [0.3, 0.4) is 0 Å². The van der Waals surface area contributed by atoms with E-state index in [1.807, 2.05) is 28.9 Å². The van der Waals surface area contributed by atoms with E-state index in [1.54, 1.807) is 13.2 Å². The number of carbonyl (C=O) groups is 2. The molecule has 6 heteroatoms. The molecule has 0 bridgehead atoms. The van der Waals surface area contributed by atoms with Crippen LogP contribution in [0.15, 0.2) is 18.2 Å². The second-order valence-electron chi connectivity index (χ2n) is 8.84. The molecule has 3 fully saturated rings. The van der Waals surface area contributed by atoms with Crippen LogP contribution in [0.2, 0.25) is 0 Å². The third-order valence-electron chi connectivity index (χ3n) is 7.14. The summed E-state index contributed by atoms with van der Waals surface area (Å²) in [6.45, 7) is 3.34. The zero-order valence-corrected chi connectivity index (χ0v) is 17.5. The van der Waals surface area contributed by atoms with E-state index in [9.17, 15) is 14.7 Å². The Morgan fingerprint density at radius 3 is 2.52 bits per heavy atom. The van der Waals surface area contributed by atoms with Crippen molar-refractivity contribution in [1.29, 1.82) is 0 Å². The molecule has 2 aliphatic heterocycles. The molecule has 1 atom stereocenters. The summed E-state index contributed by atoms with van der Waals surface area (Å²) >= 11 is 0. The summed E-state index contributed by atoms with van der Waals surface area (Å²) in [5.74, 6) is 0.742. The van der Waals surface area contributed by atoms with Crippen molar-refractivity contribution in [2.75, 3.05) is 20.2 Å². The van der Waals surface area contributed by atoms with Gasteiger partial charge in [0.25, 0.3) is 5.91 Å². The van der Waals surface area contributed by atoms with Crippen LogP contribution >= 0.6 is 0 Å². The van der Waals surface area contributed by atoms with Crippen molar-refractivity contribution in [2.45, 2.75) is 76.0 Å². The van der Waals surface area contributed by atoms with Crippen LogP contribution in [0.1, 0.15) is 67.3 Å². The number of aryl methyl sites for hydroxylation is 1. The van der Waals surface area contributed by atoms with Crippen LogP contribution < -0.4 is 4.74 Å². The van der Waals surface area contributed by atoms with Crippen molar-refractivity contribution < 1.29 is 19.4 Å². The molecule has 1 aromatic rings. The van der Waals surface area contributed by atoms with E-state index in [0.717, 1.165) is 63.5 Å². The number of carbonyl (C=O) groups excluding carboxylic acids is 2. The Bertz CT molecular complexity index is 787. The van der Waals surface area contributed by atoms with Gasteiger partial charge in [0, 0.05) is 24.7 Å². The van der Waals surface area contributed by atoms with Gasteiger partial charge >= 0.3 is 0 Å². The highest BCUT2D eigenvalue weighted by Gasteiger charge is 2.53. The summed E-state index contributed by atoms with van der Waals surface area (Å²) in [4.78, 5) is 31.0. The Balaban J connectivity index is 1.59. The van der Waals surface area contributed by atoms with Gasteiger partial charge in [-0.1, -0.05) is 6.07 Å². The van der Waals surface area contributed by atoms with Gasteiger partial charge in [-0.05, 0) is 76.0 Å². The molecule has 158 valence electrons. The second-order valence-corrected chi connectivity index (χ2v) is 8.84. The fourth-order valence-corrected chi connectivity index (χ4v) is 5.50. The van der Waals surface area contributed by atoms with E-state index in [-0.39, 0.29) is 24.0 Å². The molecule has 1 aliphatic carbocycles. The van der Waals surface area contributed by atoms with Gasteiger partial charge in [-0.15, -0.1) is 0 Å². The molecule has 2 saturated heterocycles. The maximum atomic E-state index is 13.7. The summed E-state index contributed by atoms with van der Waals surface area (Å²) in [6.07, 6.45) is 6.25. The fraction of sp³-hybridized carbons (Fsp3) is 0.652. The average molecular weight is 401 g/mol. The van der Waals surface area contributed by atoms with E-state index >= 15 is 0 Å². The van der Waals surface area contributed by atoms with Crippen molar-refractivity contribution in [3.8, 4) is 5.75 Å². The molecule has 1 unspecified atom stereocenters. The van der Waals surface area contributed by atoms with E-state index in [4.69, 9.17) is 4.74 Å². The van der Waals surface area contributed by atoms with Crippen molar-refractivity contribution in [3.05, 3.63) is 29.3 Å². The molecule has 1 saturated carbocycles. The van der Waals surface area contributed by atoms with Crippen molar-refractivity contribution in [1.82, 2.24) is 9.80 Å². The second kappa shape index (κ2) is 7.98. The van der Waals surface area contributed by atoms with Gasteiger partial charge in [0.05, 0.1) is 13.2 Å². The zero-order chi connectivity index (χ0) is 20.6. The lowest BCUT2D eigenvalue weighted by Crippen LogP contribution is -2.63. The zero-order valence-electron chi connectivity index (χ0n) is 17.5. The van der Waals surface area contributed by atoms with Crippen molar-refractivity contribution in [3.63, 3.8) is 0 Å². The molecule has 3 aliphatic rings. The smallest absolute Gasteiger partial charge is 0.254 e. The lowest BCUT2D eigenvalue weighted by atomic mass is 9.82. The number of likely N-dealkylation sites (tertiary alicyclic amines) is 2. The summed E-state index contributed by atoms with van der Waals surface area (Å²) < 4.78 is 5.40. The number of benzene rings is 1. The quantitative estimate of drug-likeness (QED) is 0.847. The number of methoxy groups -OCH3 is 1. The maximum Gasteiger partial charge on any atom is 0.254 e. The fourth-order valence-electron chi connectivity index (χ4n) is 5.50. The van der Waals surface area contributed by atoms with Crippen molar-refractivity contribution >= 4 is 11.8 Å². The minimum absolute atomic E-state index is 0.0740. The van der Waals surface area contributed by atoms with Crippen LogP contribution in [0.4, 0.5) is 0 Å². The van der Waals surface area contributed by atoms with Gasteiger partial charge < -0.3 is 19.6 Å². The molecule has 6 nitrogen and oxygen atoms in total. The number of nitrogens with zero attached hydrogens (tertiary/aromatic N) is 2. The SMILES string of the molecule is COc1cc(C(=O)N2CCCC23CCCN(C2CCC(O)CC2)C3=O)ccc1C. The number of ether oxygens (including phenoxy) is 1. The van der Waals surface area contributed by atoms with Crippen LogP contribution in [-0.2, 0) is 4.79 Å². The van der Waals surface area contributed by atoms with Gasteiger partial charge in [0.1, 0.15) is 11.3 Å². The number of hydrogen-bond acceptors (Lipinski definition) is 4. The van der Waals surface area contributed by atoms with E-state index in [1.165, 1.54) is 0 Å². The van der Waals surface area contributed by atoms with Crippen LogP contribution in [0.25, 0.3) is 0 Å². The number of piperidine rings is 1. The minimum atomic E-state index is -0.705. The van der Waals surface area contributed by atoms with Crippen LogP contribution in [0, 0.1) is 6.92 Å². The molecular weight excluding hydrogens is 368 g/mol. The molecule has 1 aromatic carbocycles. The van der Waals surface area contributed by atoms with Gasteiger partial charge in [0.2, 0.25) is 5.91 Å². The summed E-state index contributed by atoms with van der Waals surface area (Å²) in [5, 5.41) is 9.83. The molecule has 4 rings (SSSR count). The monoisotopic (exact) mass is 400 g/mol. The average Bonchev–Trinajstić information content (AvgIpc) is 3.15. The van der Waals surface area contributed by atoms with Gasteiger partial charge in [-0.25, -0.2) is 0 Å². The number of rotatable bonds is 3. The highest BCUT2D eigenvalue weighted by atomic mass is 16.5. The third-order valence-corrected chi connectivity index (χ3v) is 7.14. The third kappa shape index (κ3) is 3.52. The largest absolute Gasteiger partial charge is 0.496 e. The lowest BCUT2D eigenvalue weighted by Gasteiger charge is -2.48. The number of hydrogen-bond donors (Lipinski definition) is 1. The normalized spacial score (nSPS) is 30.1. The van der Waals surface area contributed by atoms with E-state index < -0.39 is 5.54 Å². The molecule has 0 aromatic heterocycles. The molecule has 1 N–H and O–H groups in total. The Morgan fingerprint density at radius 1 is 1.14 bits per heavy atom. The first-order chi connectivity index (χ1) is 14.0. The summed E-state index contributed by atoms with van der Waals surface area (Å²) in [7, 11) is 1.61. The topological polar surface area (TPSA) is 70.1 Å². The first-order valence-electron chi connectivity index (χ1n) is 10.9. The minimum Gasteiger partial charge on any atom is -0.496 e. The molecule has 2 amide bonds. The van der Waals surface area contributed by atoms with Crippen molar-refractivity contribution in [2.24, 2.45) is 0 Å². The first kappa shape index (κ1) is 20.2. The van der Waals surface area contributed by atoms with E-state index in [0.29, 0.717) is 17.9 Å². The molecule has 0 radical (unpaired) electrons. The maximum absolute atomic E-state index is 13.7. The number of amides is 2. The highest BCUT2D eigenvalue weighted by molar-refractivity contribution is 6.00. The summed E-state index contributed by atoms with van der Waals surface area (Å²) in [6, 6.07) is 5.72. The van der Waals surface area contributed by atoms with E-state index in [2.05, 4.69) is 0 Å². The Labute approximate surface area is 172 Å². The highest BCUT2D eigenvalue weighted by Crippen LogP contribution is 2.41. The van der Waals surface area contributed by atoms with Crippen LogP contribution in [0.5, 0.6) is 5.75 Å². The Kier molecular flexibility index (Phi) is 5.56. The molecular formula is C23H32N2O4. The molecule has 29 heavy (non-hydrogen) atoms. The summed E-state index contributed by atoms with van der Waals surface area (Å²) in [5.41, 5.74) is 0.864. The Morgan fingerprint density at radius 2 is 1.83 bits per heavy atom. The van der Waals surface area contributed by atoms with Gasteiger partial charge in [-0.3, -0.25) is 9.59 Å². The lowest BCUT2D eigenvalue weighted by molar-refractivity contribution is -0.149. The number of aliphatic hydroxyl groups is 1.